The van der Waals surface area contributed by atoms with E-state index in [2.05, 4.69) is 83.6 Å². The molecular formula is C38H41F3NO+. The summed E-state index contributed by atoms with van der Waals surface area (Å²) >= 11 is 0. The van der Waals surface area contributed by atoms with Gasteiger partial charge in [-0.3, -0.25) is 0 Å². The standard InChI is InChI=1S/C38H41F3NO/c1-21(2)23-13-14-26-28(17-23)22(3)32-34-33-27(15-16-42(34)9)25-12-10-11-24(19-37(7,8)38(39,40)41)29(25)18-31(33)43-35(32)30(26)20-36(4,5)6/h10-18,21H,19-20H2,1-9H3/q+1. The molecule has 0 spiro atoms. The van der Waals surface area contributed by atoms with E-state index in [1.165, 1.54) is 41.3 Å². The van der Waals surface area contributed by atoms with Crippen molar-refractivity contribution in [1.82, 2.24) is 0 Å². The molecule has 0 amide bonds. The summed E-state index contributed by atoms with van der Waals surface area (Å²) in [6.07, 6.45) is -1.53. The minimum absolute atomic E-state index is 0.00421. The summed E-state index contributed by atoms with van der Waals surface area (Å²) in [5.41, 5.74) is 4.66. The third-order valence-electron chi connectivity index (χ3n) is 9.20. The zero-order valence-corrected chi connectivity index (χ0v) is 26.7. The lowest BCUT2D eigenvalue weighted by Gasteiger charge is -2.30. The van der Waals surface area contributed by atoms with E-state index >= 15 is 0 Å². The maximum absolute atomic E-state index is 14.0. The molecule has 1 aliphatic rings. The topological polar surface area (TPSA) is 13.1 Å². The van der Waals surface area contributed by atoms with Gasteiger partial charge in [-0.05, 0) is 75.4 Å². The van der Waals surface area contributed by atoms with Crippen LogP contribution in [0, 0.1) is 17.8 Å². The number of halogens is 3. The number of benzene rings is 4. The third-order valence-corrected chi connectivity index (χ3v) is 9.20. The van der Waals surface area contributed by atoms with Crippen molar-refractivity contribution in [3.8, 4) is 22.8 Å². The third kappa shape index (κ3) is 4.76. The molecule has 0 saturated heterocycles. The van der Waals surface area contributed by atoms with Crippen LogP contribution in [0.2, 0.25) is 0 Å². The summed E-state index contributed by atoms with van der Waals surface area (Å²) in [4.78, 5) is 0. The van der Waals surface area contributed by atoms with Gasteiger partial charge in [0.2, 0.25) is 5.69 Å². The van der Waals surface area contributed by atoms with Crippen LogP contribution in [0.15, 0.2) is 54.7 Å². The van der Waals surface area contributed by atoms with Gasteiger partial charge in [0.05, 0.1) is 16.4 Å². The van der Waals surface area contributed by atoms with E-state index < -0.39 is 11.6 Å². The van der Waals surface area contributed by atoms with Crippen molar-refractivity contribution >= 4 is 32.3 Å². The van der Waals surface area contributed by atoms with Gasteiger partial charge in [-0.1, -0.05) is 84.9 Å². The van der Waals surface area contributed by atoms with Gasteiger partial charge >= 0.3 is 6.18 Å². The lowest BCUT2D eigenvalue weighted by molar-refractivity contribution is -0.659. The van der Waals surface area contributed by atoms with Gasteiger partial charge < -0.3 is 4.74 Å². The Kier molecular flexibility index (Phi) is 6.65. The monoisotopic (exact) mass is 584 g/mol. The number of hydrogen-bond acceptors (Lipinski definition) is 1. The molecule has 2 nitrogen and oxygen atoms in total. The molecule has 5 heteroatoms. The number of nitrogens with zero attached hydrogens (tertiary/aromatic N) is 1. The highest BCUT2D eigenvalue weighted by molar-refractivity contribution is 6.16. The number of hydrogen-bond donors (Lipinski definition) is 0. The minimum atomic E-state index is -4.31. The first-order valence-corrected chi connectivity index (χ1v) is 15.2. The molecule has 0 unspecified atom stereocenters. The molecule has 0 bridgehead atoms. The molecule has 2 heterocycles. The number of pyridine rings is 1. The first kappa shape index (κ1) is 29.5. The van der Waals surface area contributed by atoms with Gasteiger partial charge in [0, 0.05) is 17.0 Å². The van der Waals surface area contributed by atoms with Crippen LogP contribution in [-0.4, -0.2) is 6.18 Å². The molecule has 1 aromatic heterocycles. The number of aromatic nitrogens is 1. The van der Waals surface area contributed by atoms with Gasteiger partial charge in [-0.2, -0.15) is 13.2 Å². The second-order valence-electron chi connectivity index (χ2n) is 14.6. The lowest BCUT2D eigenvalue weighted by atomic mass is 9.80. The van der Waals surface area contributed by atoms with Crippen LogP contribution in [0.4, 0.5) is 13.2 Å². The number of fused-ring (bicyclic) bond motifs is 5. The van der Waals surface area contributed by atoms with Crippen LogP contribution in [-0.2, 0) is 19.9 Å². The predicted octanol–water partition coefficient (Wildman–Crippen LogP) is 10.9. The Morgan fingerprint density at radius 2 is 1.53 bits per heavy atom. The number of aryl methyl sites for hydroxylation is 2. The number of alkyl halides is 3. The molecule has 4 aromatic carbocycles. The number of ether oxygens (including phenoxy) is 1. The molecule has 0 aliphatic carbocycles. The first-order chi connectivity index (χ1) is 20.0. The SMILES string of the molecule is Cc1c2c(c(CC(C)(C)C)c3ccc(C(C)C)cc13)Oc1cc3c(CC(C)(C)C(F)(F)F)cccc3c3cc[n+](C)c-2c13. The fourth-order valence-corrected chi connectivity index (χ4v) is 6.74. The fraction of sp³-hybridized carbons (Fsp3) is 0.395. The van der Waals surface area contributed by atoms with Crippen molar-refractivity contribution in [2.75, 3.05) is 0 Å². The van der Waals surface area contributed by atoms with E-state index in [4.69, 9.17) is 4.74 Å². The smallest absolute Gasteiger partial charge is 0.394 e. The molecule has 0 radical (unpaired) electrons. The van der Waals surface area contributed by atoms with Crippen molar-refractivity contribution in [3.63, 3.8) is 0 Å². The Hall–Kier alpha value is -3.60. The molecule has 1 aliphatic heterocycles. The van der Waals surface area contributed by atoms with Crippen molar-refractivity contribution in [3.05, 3.63) is 77.0 Å². The maximum atomic E-state index is 14.0. The van der Waals surface area contributed by atoms with Crippen LogP contribution in [0.1, 0.15) is 76.6 Å². The van der Waals surface area contributed by atoms with Crippen LogP contribution in [0.3, 0.4) is 0 Å². The summed E-state index contributed by atoms with van der Waals surface area (Å²) in [5.74, 6) is 1.97. The molecule has 0 fully saturated rings. The molecule has 0 N–H and O–H groups in total. The van der Waals surface area contributed by atoms with Crippen molar-refractivity contribution in [2.45, 2.75) is 80.3 Å². The Morgan fingerprint density at radius 3 is 2.19 bits per heavy atom. The zero-order valence-electron chi connectivity index (χ0n) is 26.7. The van der Waals surface area contributed by atoms with Crippen LogP contribution < -0.4 is 9.30 Å². The fourth-order valence-electron chi connectivity index (χ4n) is 6.74. The average Bonchev–Trinajstić information content (AvgIpc) is 2.90. The Bertz CT molecular complexity index is 1940. The van der Waals surface area contributed by atoms with Gasteiger partial charge in [0.15, 0.2) is 6.20 Å². The number of rotatable bonds is 4. The minimum Gasteiger partial charge on any atom is -0.455 e. The first-order valence-electron chi connectivity index (χ1n) is 15.2. The summed E-state index contributed by atoms with van der Waals surface area (Å²) < 4.78 is 51.1. The predicted molar refractivity (Wildman–Crippen MR) is 171 cm³/mol. The van der Waals surface area contributed by atoms with Gasteiger partial charge in [0.1, 0.15) is 18.5 Å². The molecule has 43 heavy (non-hydrogen) atoms. The van der Waals surface area contributed by atoms with E-state index in [-0.39, 0.29) is 11.8 Å². The van der Waals surface area contributed by atoms with Gasteiger partial charge in [0.25, 0.3) is 0 Å². The van der Waals surface area contributed by atoms with Crippen molar-refractivity contribution in [1.29, 1.82) is 0 Å². The van der Waals surface area contributed by atoms with Crippen LogP contribution in [0.5, 0.6) is 11.5 Å². The second-order valence-corrected chi connectivity index (χ2v) is 14.6. The zero-order chi connectivity index (χ0) is 31.2. The van der Waals surface area contributed by atoms with E-state index in [9.17, 15) is 13.2 Å². The average molecular weight is 585 g/mol. The summed E-state index contributed by atoms with van der Waals surface area (Å²) in [7, 11) is 2.07. The van der Waals surface area contributed by atoms with Crippen molar-refractivity contribution < 1.29 is 22.5 Å². The largest absolute Gasteiger partial charge is 0.455 e. The van der Waals surface area contributed by atoms with E-state index in [0.29, 0.717) is 17.2 Å². The second kappa shape index (κ2) is 9.70. The Labute approximate surface area is 252 Å². The highest BCUT2D eigenvalue weighted by Gasteiger charge is 2.47. The molecule has 6 rings (SSSR count). The lowest BCUT2D eigenvalue weighted by Crippen LogP contribution is -2.34. The highest BCUT2D eigenvalue weighted by Crippen LogP contribution is 2.53. The van der Waals surface area contributed by atoms with E-state index in [0.717, 1.165) is 45.0 Å². The Balaban J connectivity index is 1.71. The molecular weight excluding hydrogens is 543 g/mol. The van der Waals surface area contributed by atoms with E-state index in [1.54, 1.807) is 0 Å². The van der Waals surface area contributed by atoms with Gasteiger partial charge in [-0.15, -0.1) is 0 Å². The molecule has 224 valence electrons. The quantitative estimate of drug-likeness (QED) is 0.148. The maximum Gasteiger partial charge on any atom is 0.394 e. The van der Waals surface area contributed by atoms with Crippen LogP contribution in [0.25, 0.3) is 43.6 Å². The highest BCUT2D eigenvalue weighted by atomic mass is 19.4. The Morgan fingerprint density at radius 1 is 0.814 bits per heavy atom. The molecule has 0 saturated carbocycles. The molecule has 5 aromatic rings. The summed E-state index contributed by atoms with van der Waals surface area (Å²) in [6, 6.07) is 16.6. The summed E-state index contributed by atoms with van der Waals surface area (Å²) in [5, 5.41) is 6.18. The molecule has 0 atom stereocenters. The van der Waals surface area contributed by atoms with E-state index in [1.807, 2.05) is 24.3 Å². The van der Waals surface area contributed by atoms with Crippen molar-refractivity contribution in [2.24, 2.45) is 17.9 Å². The van der Waals surface area contributed by atoms with Crippen LogP contribution >= 0.6 is 0 Å². The summed E-state index contributed by atoms with van der Waals surface area (Å²) in [6.45, 7) is 15.9. The normalized spacial score (nSPS) is 13.7. The van der Waals surface area contributed by atoms with Gasteiger partial charge in [-0.25, -0.2) is 4.57 Å².